The van der Waals surface area contributed by atoms with Gasteiger partial charge in [0.05, 0.1) is 0 Å². The van der Waals surface area contributed by atoms with Crippen LogP contribution < -0.4 is 10.2 Å². The molecule has 1 N–H and O–H groups in total. The Balaban J connectivity index is 1.76. The minimum absolute atomic E-state index is 0.738. The maximum absolute atomic E-state index is 4.64. The van der Waals surface area contributed by atoms with Crippen molar-refractivity contribution in [2.45, 2.75) is 32.4 Å². The van der Waals surface area contributed by atoms with Crippen LogP contribution in [0.2, 0.25) is 0 Å². The van der Waals surface area contributed by atoms with E-state index >= 15 is 0 Å². The van der Waals surface area contributed by atoms with Crippen molar-refractivity contribution in [2.24, 2.45) is 0 Å². The summed E-state index contributed by atoms with van der Waals surface area (Å²) in [6.45, 7) is 3.05. The highest BCUT2D eigenvalue weighted by atomic mass is 15.2. The predicted octanol–water partition coefficient (Wildman–Crippen LogP) is 3.41. The molecule has 1 aliphatic rings. The molecule has 1 heterocycles. The third-order valence-corrected chi connectivity index (χ3v) is 3.74. The third kappa shape index (κ3) is 2.99. The van der Waals surface area contributed by atoms with E-state index in [1.165, 1.54) is 24.0 Å². The maximum atomic E-state index is 4.64. The molecular weight excluding hydrogens is 246 g/mol. The molecule has 104 valence electrons. The van der Waals surface area contributed by atoms with Crippen molar-refractivity contribution in [3.63, 3.8) is 0 Å². The molecule has 1 saturated carbocycles. The van der Waals surface area contributed by atoms with Crippen molar-refractivity contribution >= 4 is 11.5 Å². The van der Waals surface area contributed by atoms with Crippen molar-refractivity contribution in [1.29, 1.82) is 0 Å². The molecule has 0 bridgehead atoms. The first-order chi connectivity index (χ1) is 9.74. The summed E-state index contributed by atoms with van der Waals surface area (Å²) in [7, 11) is 2.06. The van der Waals surface area contributed by atoms with Gasteiger partial charge in [-0.05, 0) is 49.1 Å². The van der Waals surface area contributed by atoms with Gasteiger partial charge in [0.15, 0.2) is 0 Å². The van der Waals surface area contributed by atoms with E-state index in [2.05, 4.69) is 59.5 Å². The van der Waals surface area contributed by atoms with Crippen molar-refractivity contribution in [1.82, 2.24) is 10.3 Å². The van der Waals surface area contributed by atoms with Crippen LogP contribution in [-0.4, -0.2) is 18.1 Å². The Hall–Kier alpha value is -1.87. The summed E-state index contributed by atoms with van der Waals surface area (Å²) >= 11 is 0. The molecule has 1 fully saturated rings. The number of para-hydroxylation sites is 1. The van der Waals surface area contributed by atoms with Gasteiger partial charge in [0.1, 0.15) is 5.82 Å². The number of anilines is 2. The molecule has 2 aromatic rings. The molecule has 0 atom stereocenters. The van der Waals surface area contributed by atoms with Crippen LogP contribution in [0.3, 0.4) is 0 Å². The van der Waals surface area contributed by atoms with Crippen LogP contribution in [0.5, 0.6) is 0 Å². The molecule has 0 radical (unpaired) electrons. The molecule has 3 rings (SSSR count). The standard InChI is InChI=1S/C17H21N3/c1-13-10-14(11-18-15-8-9-15)12-19-17(13)20(2)16-6-4-3-5-7-16/h3-7,10,12,15,18H,8-9,11H2,1-2H3. The van der Waals surface area contributed by atoms with E-state index in [-0.39, 0.29) is 0 Å². The molecule has 20 heavy (non-hydrogen) atoms. The molecule has 3 nitrogen and oxygen atoms in total. The van der Waals surface area contributed by atoms with Gasteiger partial charge < -0.3 is 10.2 Å². The molecule has 0 spiro atoms. The Morgan fingerprint density at radius 1 is 1.25 bits per heavy atom. The normalized spacial score (nSPS) is 14.3. The summed E-state index contributed by atoms with van der Waals surface area (Å²) < 4.78 is 0. The second-order valence-corrected chi connectivity index (χ2v) is 5.53. The number of rotatable bonds is 5. The number of pyridine rings is 1. The van der Waals surface area contributed by atoms with Gasteiger partial charge in [0.25, 0.3) is 0 Å². The first-order valence-electron chi connectivity index (χ1n) is 7.22. The van der Waals surface area contributed by atoms with Gasteiger partial charge in [0, 0.05) is 31.5 Å². The minimum Gasteiger partial charge on any atom is -0.329 e. The molecule has 0 unspecified atom stereocenters. The van der Waals surface area contributed by atoms with Gasteiger partial charge >= 0.3 is 0 Å². The van der Waals surface area contributed by atoms with E-state index in [4.69, 9.17) is 0 Å². The zero-order chi connectivity index (χ0) is 13.9. The molecule has 0 amide bonds. The van der Waals surface area contributed by atoms with Crippen LogP contribution in [0.4, 0.5) is 11.5 Å². The fourth-order valence-corrected chi connectivity index (χ4v) is 2.40. The van der Waals surface area contributed by atoms with Crippen LogP contribution in [0.1, 0.15) is 24.0 Å². The number of aromatic nitrogens is 1. The monoisotopic (exact) mass is 267 g/mol. The van der Waals surface area contributed by atoms with Gasteiger partial charge in [-0.15, -0.1) is 0 Å². The fourth-order valence-electron chi connectivity index (χ4n) is 2.40. The molecular formula is C17H21N3. The lowest BCUT2D eigenvalue weighted by Crippen LogP contribution is -2.17. The highest BCUT2D eigenvalue weighted by Crippen LogP contribution is 2.25. The lowest BCUT2D eigenvalue weighted by molar-refractivity contribution is 0.685. The largest absolute Gasteiger partial charge is 0.329 e. The maximum Gasteiger partial charge on any atom is 0.135 e. The minimum atomic E-state index is 0.738. The van der Waals surface area contributed by atoms with E-state index in [9.17, 15) is 0 Å². The summed E-state index contributed by atoms with van der Waals surface area (Å²) in [4.78, 5) is 6.77. The third-order valence-electron chi connectivity index (χ3n) is 3.74. The molecule has 1 aromatic heterocycles. The van der Waals surface area contributed by atoms with Crippen molar-refractivity contribution in [2.75, 3.05) is 11.9 Å². The number of hydrogen-bond acceptors (Lipinski definition) is 3. The highest BCUT2D eigenvalue weighted by molar-refractivity contribution is 5.61. The van der Waals surface area contributed by atoms with Crippen molar-refractivity contribution in [3.05, 3.63) is 53.7 Å². The van der Waals surface area contributed by atoms with Crippen LogP contribution in [0, 0.1) is 6.92 Å². The SMILES string of the molecule is Cc1cc(CNC2CC2)cnc1N(C)c1ccccc1. The van der Waals surface area contributed by atoms with E-state index < -0.39 is 0 Å². The lowest BCUT2D eigenvalue weighted by Gasteiger charge is -2.20. The Labute approximate surface area is 120 Å². The van der Waals surface area contributed by atoms with Gasteiger partial charge in [-0.2, -0.15) is 0 Å². The lowest BCUT2D eigenvalue weighted by atomic mass is 10.2. The molecule has 1 aliphatic carbocycles. The Morgan fingerprint density at radius 3 is 2.65 bits per heavy atom. The van der Waals surface area contributed by atoms with Gasteiger partial charge in [-0.1, -0.05) is 18.2 Å². The average molecular weight is 267 g/mol. The first-order valence-corrected chi connectivity index (χ1v) is 7.22. The summed E-state index contributed by atoms with van der Waals surface area (Å²) in [6, 6.07) is 13.3. The van der Waals surface area contributed by atoms with E-state index in [0.717, 1.165) is 24.1 Å². The van der Waals surface area contributed by atoms with Gasteiger partial charge in [-0.3, -0.25) is 0 Å². The van der Waals surface area contributed by atoms with Crippen molar-refractivity contribution in [3.8, 4) is 0 Å². The second kappa shape index (κ2) is 5.63. The van der Waals surface area contributed by atoms with E-state index in [1.807, 2.05) is 12.3 Å². The first kappa shape index (κ1) is 13.1. The Morgan fingerprint density at radius 2 is 2.00 bits per heavy atom. The van der Waals surface area contributed by atoms with E-state index in [1.54, 1.807) is 0 Å². The van der Waals surface area contributed by atoms with Crippen LogP contribution >= 0.6 is 0 Å². The quantitative estimate of drug-likeness (QED) is 0.900. The number of hydrogen-bond donors (Lipinski definition) is 1. The number of benzene rings is 1. The van der Waals surface area contributed by atoms with Gasteiger partial charge in [-0.25, -0.2) is 4.98 Å². The summed E-state index contributed by atoms with van der Waals surface area (Å²) in [6.07, 6.45) is 4.62. The second-order valence-electron chi connectivity index (χ2n) is 5.53. The molecule has 3 heteroatoms. The molecule has 0 saturated heterocycles. The topological polar surface area (TPSA) is 28.2 Å². The van der Waals surface area contributed by atoms with E-state index in [0.29, 0.717) is 0 Å². The zero-order valence-electron chi connectivity index (χ0n) is 12.1. The summed E-state index contributed by atoms with van der Waals surface area (Å²) in [5.41, 5.74) is 3.64. The fraction of sp³-hybridized carbons (Fsp3) is 0.353. The molecule has 1 aromatic carbocycles. The number of aryl methyl sites for hydroxylation is 1. The van der Waals surface area contributed by atoms with Gasteiger partial charge in [0.2, 0.25) is 0 Å². The molecule has 0 aliphatic heterocycles. The van der Waals surface area contributed by atoms with Crippen molar-refractivity contribution < 1.29 is 0 Å². The Bertz CT molecular complexity index is 576. The summed E-state index contributed by atoms with van der Waals surface area (Å²) in [5.74, 6) is 1.02. The number of nitrogens with one attached hydrogen (secondary N) is 1. The highest BCUT2D eigenvalue weighted by Gasteiger charge is 2.20. The number of nitrogens with zero attached hydrogens (tertiary/aromatic N) is 2. The van der Waals surface area contributed by atoms with Crippen LogP contribution in [0.25, 0.3) is 0 Å². The van der Waals surface area contributed by atoms with Crippen LogP contribution in [-0.2, 0) is 6.54 Å². The average Bonchev–Trinajstić information content (AvgIpc) is 3.30. The predicted molar refractivity (Wildman–Crippen MR) is 83.3 cm³/mol. The van der Waals surface area contributed by atoms with Crippen LogP contribution in [0.15, 0.2) is 42.6 Å². The Kier molecular flexibility index (Phi) is 3.70. The smallest absolute Gasteiger partial charge is 0.135 e. The zero-order valence-corrected chi connectivity index (χ0v) is 12.1. The summed E-state index contributed by atoms with van der Waals surface area (Å²) in [5, 5.41) is 3.53.